The van der Waals surface area contributed by atoms with Crippen molar-refractivity contribution >= 4 is 16.8 Å². The third-order valence-electron chi connectivity index (χ3n) is 3.10. The lowest BCUT2D eigenvalue weighted by atomic mass is 10.2. The maximum absolute atomic E-state index is 10.3. The topological polar surface area (TPSA) is 69.5 Å². The smallest absolute Gasteiger partial charge is 0.167 e. The Kier molecular flexibility index (Phi) is 8.24. The second-order valence-corrected chi connectivity index (χ2v) is 5.84. The summed E-state index contributed by atoms with van der Waals surface area (Å²) in [5.74, 6) is 1.56. The van der Waals surface area contributed by atoms with Crippen LogP contribution in [-0.4, -0.2) is 69.2 Å². The van der Waals surface area contributed by atoms with Crippen molar-refractivity contribution in [3.8, 4) is 11.5 Å². The number of hydrogen-bond donors (Lipinski definition) is 1. The van der Waals surface area contributed by atoms with Crippen LogP contribution in [0, 0.1) is 0 Å². The molecule has 0 amide bonds. The number of thioether (sulfide) groups is 1. The van der Waals surface area contributed by atoms with Gasteiger partial charge in [0.15, 0.2) is 11.5 Å². The predicted octanol–water partition coefficient (Wildman–Crippen LogP) is 1.94. The maximum Gasteiger partial charge on any atom is 0.167 e. The summed E-state index contributed by atoms with van der Waals surface area (Å²) in [6.07, 6.45) is 0. The number of aromatic hydroxyl groups is 1. The number of aliphatic imine (C=N–C) groups is 1. The average Bonchev–Trinajstić information content (AvgIpc) is 3.09. The Labute approximate surface area is 140 Å². The summed E-state index contributed by atoms with van der Waals surface area (Å²) in [4.78, 5) is 4.38. The molecule has 6 nitrogen and oxygen atoms in total. The molecule has 1 aromatic carbocycles. The number of methoxy groups -OCH3 is 1. The zero-order chi connectivity index (χ0) is 16.3. The molecule has 7 heteroatoms. The van der Waals surface area contributed by atoms with Crippen LogP contribution in [0.1, 0.15) is 5.56 Å². The largest absolute Gasteiger partial charge is 0.504 e. The van der Waals surface area contributed by atoms with Crippen molar-refractivity contribution in [1.82, 2.24) is 0 Å². The van der Waals surface area contributed by atoms with E-state index in [-0.39, 0.29) is 5.75 Å². The lowest BCUT2D eigenvalue weighted by Gasteiger charge is -2.11. The number of benzene rings is 1. The molecule has 1 aromatic rings. The SMILES string of the molecule is COCCOCCOCCOc1cccc(C2=NCCS2)c1O. The van der Waals surface area contributed by atoms with Gasteiger partial charge >= 0.3 is 0 Å². The van der Waals surface area contributed by atoms with E-state index in [0.29, 0.717) is 45.4 Å². The Morgan fingerprint density at radius 2 is 1.83 bits per heavy atom. The summed E-state index contributed by atoms with van der Waals surface area (Å²) in [5.41, 5.74) is 0.734. The first-order valence-corrected chi connectivity index (χ1v) is 8.58. The van der Waals surface area contributed by atoms with Crippen LogP contribution in [-0.2, 0) is 14.2 Å². The van der Waals surface area contributed by atoms with Gasteiger partial charge in [0.25, 0.3) is 0 Å². The standard InChI is InChI=1S/C16H23NO5S/c1-19-6-7-20-8-9-21-10-11-22-14-4-2-3-13(15(14)18)16-17-5-12-23-16/h2-4,18H,5-12H2,1H3. The predicted molar refractivity (Wildman–Crippen MR) is 91.0 cm³/mol. The first-order chi connectivity index (χ1) is 11.3. The van der Waals surface area contributed by atoms with Gasteiger partial charge < -0.3 is 24.1 Å². The minimum absolute atomic E-state index is 0.142. The minimum Gasteiger partial charge on any atom is -0.504 e. The Morgan fingerprint density at radius 1 is 1.09 bits per heavy atom. The van der Waals surface area contributed by atoms with E-state index in [4.69, 9.17) is 18.9 Å². The summed E-state index contributed by atoms with van der Waals surface area (Å²) in [5, 5.41) is 11.2. The molecule has 1 aliphatic heterocycles. The number of phenolic OH excluding ortho intramolecular Hbond substituents is 1. The second-order valence-electron chi connectivity index (χ2n) is 4.75. The Balaban J connectivity index is 1.67. The molecule has 0 atom stereocenters. The number of nitrogens with zero attached hydrogens (tertiary/aromatic N) is 1. The fraction of sp³-hybridized carbons (Fsp3) is 0.562. The summed E-state index contributed by atoms with van der Waals surface area (Å²) in [6, 6.07) is 5.45. The van der Waals surface area contributed by atoms with Crippen LogP contribution >= 0.6 is 11.8 Å². The van der Waals surface area contributed by atoms with Crippen molar-refractivity contribution in [2.24, 2.45) is 4.99 Å². The van der Waals surface area contributed by atoms with E-state index >= 15 is 0 Å². The maximum atomic E-state index is 10.3. The van der Waals surface area contributed by atoms with Gasteiger partial charge in [-0.2, -0.15) is 0 Å². The summed E-state index contributed by atoms with van der Waals surface area (Å²) < 4.78 is 21.1. The molecule has 1 heterocycles. The highest BCUT2D eigenvalue weighted by atomic mass is 32.2. The molecule has 23 heavy (non-hydrogen) atoms. The number of rotatable bonds is 11. The molecule has 0 saturated heterocycles. The molecular formula is C16H23NO5S. The molecule has 0 aliphatic carbocycles. The van der Waals surface area contributed by atoms with Gasteiger partial charge in [0.2, 0.25) is 0 Å². The van der Waals surface area contributed by atoms with E-state index in [9.17, 15) is 5.11 Å². The molecule has 128 valence electrons. The molecule has 1 N–H and O–H groups in total. The minimum atomic E-state index is 0.142. The van der Waals surface area contributed by atoms with Crippen molar-refractivity contribution in [2.45, 2.75) is 0 Å². The molecule has 0 radical (unpaired) electrons. The highest BCUT2D eigenvalue weighted by molar-refractivity contribution is 8.14. The summed E-state index contributed by atoms with van der Waals surface area (Å²) in [7, 11) is 1.64. The number of hydrogen-bond acceptors (Lipinski definition) is 7. The van der Waals surface area contributed by atoms with Gasteiger partial charge in [0.05, 0.1) is 38.6 Å². The fourth-order valence-corrected chi connectivity index (χ4v) is 2.86. The van der Waals surface area contributed by atoms with E-state index in [1.807, 2.05) is 12.1 Å². The lowest BCUT2D eigenvalue weighted by molar-refractivity contribution is 0.0178. The Hall–Kier alpha value is -1.28. The van der Waals surface area contributed by atoms with Crippen LogP contribution in [0.15, 0.2) is 23.2 Å². The van der Waals surface area contributed by atoms with E-state index < -0.39 is 0 Å². The van der Waals surface area contributed by atoms with Gasteiger partial charge in [0.1, 0.15) is 11.7 Å². The van der Waals surface area contributed by atoms with Crippen LogP contribution in [0.2, 0.25) is 0 Å². The summed E-state index contributed by atoms with van der Waals surface area (Å²) >= 11 is 1.65. The fourth-order valence-electron chi connectivity index (χ4n) is 1.98. The van der Waals surface area contributed by atoms with Crippen LogP contribution in [0.4, 0.5) is 0 Å². The molecule has 0 unspecified atom stereocenters. The van der Waals surface area contributed by atoms with Crippen molar-refractivity contribution in [3.05, 3.63) is 23.8 Å². The van der Waals surface area contributed by atoms with Gasteiger partial charge in [-0.3, -0.25) is 4.99 Å². The van der Waals surface area contributed by atoms with Crippen molar-refractivity contribution in [1.29, 1.82) is 0 Å². The van der Waals surface area contributed by atoms with Gasteiger partial charge in [-0.1, -0.05) is 6.07 Å². The Bertz CT molecular complexity index is 509. The quantitative estimate of drug-likeness (QED) is 0.621. The third kappa shape index (κ3) is 6.02. The van der Waals surface area contributed by atoms with E-state index in [2.05, 4.69) is 4.99 Å². The summed E-state index contributed by atoms with van der Waals surface area (Å²) in [6.45, 7) is 3.79. The Morgan fingerprint density at radius 3 is 2.52 bits per heavy atom. The highest BCUT2D eigenvalue weighted by Gasteiger charge is 2.16. The monoisotopic (exact) mass is 341 g/mol. The number of phenols is 1. The highest BCUT2D eigenvalue weighted by Crippen LogP contribution is 2.33. The molecule has 1 aliphatic rings. The lowest BCUT2D eigenvalue weighted by Crippen LogP contribution is -2.12. The van der Waals surface area contributed by atoms with Crippen molar-refractivity contribution in [3.63, 3.8) is 0 Å². The van der Waals surface area contributed by atoms with Gasteiger partial charge in [0, 0.05) is 19.4 Å². The first-order valence-electron chi connectivity index (χ1n) is 7.59. The van der Waals surface area contributed by atoms with Crippen molar-refractivity contribution < 1.29 is 24.1 Å². The molecule has 0 spiro atoms. The van der Waals surface area contributed by atoms with Crippen LogP contribution < -0.4 is 4.74 Å². The molecule has 0 aromatic heterocycles. The van der Waals surface area contributed by atoms with Crippen LogP contribution in [0.5, 0.6) is 11.5 Å². The van der Waals surface area contributed by atoms with Gasteiger partial charge in [-0.15, -0.1) is 11.8 Å². The second kappa shape index (κ2) is 10.5. The molecular weight excluding hydrogens is 318 g/mol. The normalized spacial score (nSPS) is 14.0. The molecule has 2 rings (SSSR count). The number of ether oxygens (including phenoxy) is 4. The van der Waals surface area contributed by atoms with Gasteiger partial charge in [-0.25, -0.2) is 0 Å². The van der Waals surface area contributed by atoms with E-state index in [0.717, 1.165) is 22.9 Å². The first kappa shape index (κ1) is 18.1. The number of para-hydroxylation sites is 1. The van der Waals surface area contributed by atoms with Crippen LogP contribution in [0.3, 0.4) is 0 Å². The zero-order valence-electron chi connectivity index (χ0n) is 13.3. The zero-order valence-corrected chi connectivity index (χ0v) is 14.1. The third-order valence-corrected chi connectivity index (χ3v) is 4.11. The van der Waals surface area contributed by atoms with E-state index in [1.165, 1.54) is 0 Å². The molecule has 0 saturated carbocycles. The van der Waals surface area contributed by atoms with Crippen LogP contribution in [0.25, 0.3) is 0 Å². The van der Waals surface area contributed by atoms with Crippen molar-refractivity contribution in [2.75, 3.05) is 59.0 Å². The van der Waals surface area contributed by atoms with E-state index in [1.54, 1.807) is 24.9 Å². The average molecular weight is 341 g/mol. The molecule has 0 fully saturated rings. The molecule has 0 bridgehead atoms. The van der Waals surface area contributed by atoms with Gasteiger partial charge in [-0.05, 0) is 12.1 Å².